The number of likely N-dealkylation sites (N-methyl/N-ethyl adjacent to an activating group) is 2. The molecule has 1 saturated heterocycles. The van der Waals surface area contributed by atoms with Gasteiger partial charge < -0.3 is 19.4 Å². The number of benzene rings is 1. The van der Waals surface area contributed by atoms with E-state index in [1.165, 1.54) is 0 Å². The second-order valence-electron chi connectivity index (χ2n) is 6.67. The number of halogens is 3. The Bertz CT molecular complexity index is 602. The zero-order valence-corrected chi connectivity index (χ0v) is 15.3. The molecule has 0 saturated carbocycles. The largest absolute Gasteiger partial charge is 0.471 e. The van der Waals surface area contributed by atoms with Gasteiger partial charge in [-0.1, -0.05) is 6.07 Å². The van der Waals surface area contributed by atoms with E-state index in [1.54, 1.807) is 18.2 Å². The van der Waals surface area contributed by atoms with Crippen LogP contribution in [0.25, 0.3) is 0 Å². The molecule has 26 heavy (non-hydrogen) atoms. The first-order chi connectivity index (χ1) is 12.2. The summed E-state index contributed by atoms with van der Waals surface area (Å²) in [6.07, 6.45) is -4.19. The fourth-order valence-corrected chi connectivity index (χ4v) is 2.85. The van der Waals surface area contributed by atoms with Gasteiger partial charge in [-0.25, -0.2) is 0 Å². The van der Waals surface area contributed by atoms with Crippen LogP contribution in [0, 0.1) is 6.07 Å². The summed E-state index contributed by atoms with van der Waals surface area (Å²) in [5.74, 6) is -1.85. The molecular formula is C18H25F3N3O2. The van der Waals surface area contributed by atoms with E-state index in [4.69, 9.17) is 4.74 Å². The zero-order chi connectivity index (χ0) is 19.3. The normalized spacial score (nSPS) is 16.0. The van der Waals surface area contributed by atoms with E-state index in [-0.39, 0.29) is 5.69 Å². The number of anilines is 2. The van der Waals surface area contributed by atoms with E-state index in [0.717, 1.165) is 17.1 Å². The van der Waals surface area contributed by atoms with Crippen molar-refractivity contribution in [2.24, 2.45) is 0 Å². The second-order valence-corrected chi connectivity index (χ2v) is 6.67. The van der Waals surface area contributed by atoms with Crippen molar-refractivity contribution >= 4 is 17.3 Å². The van der Waals surface area contributed by atoms with Crippen molar-refractivity contribution in [2.75, 3.05) is 57.2 Å². The summed E-state index contributed by atoms with van der Waals surface area (Å²) in [7, 11) is 5.77. The number of hydrogen-bond donors (Lipinski definition) is 0. The highest BCUT2D eigenvalue weighted by Gasteiger charge is 2.45. The van der Waals surface area contributed by atoms with Gasteiger partial charge in [0.05, 0.1) is 5.69 Å². The SMILES string of the molecule is CN(C)CCN(C)c1cc[c]c(N(C(=O)C(F)(F)F)C2CCOCC2)c1. The summed E-state index contributed by atoms with van der Waals surface area (Å²) >= 11 is 0. The van der Waals surface area contributed by atoms with Crippen molar-refractivity contribution in [1.82, 2.24) is 4.90 Å². The van der Waals surface area contributed by atoms with Crippen LogP contribution in [0.1, 0.15) is 12.8 Å². The molecule has 1 aliphatic heterocycles. The van der Waals surface area contributed by atoms with Gasteiger partial charge in [0.15, 0.2) is 0 Å². The Kier molecular flexibility index (Phi) is 6.88. The first-order valence-electron chi connectivity index (χ1n) is 8.56. The van der Waals surface area contributed by atoms with Gasteiger partial charge in [-0.3, -0.25) is 4.79 Å². The Morgan fingerprint density at radius 1 is 1.23 bits per heavy atom. The highest BCUT2D eigenvalue weighted by atomic mass is 19.4. The Morgan fingerprint density at radius 3 is 2.46 bits per heavy atom. The molecule has 0 atom stereocenters. The van der Waals surface area contributed by atoms with Crippen LogP contribution >= 0.6 is 0 Å². The number of ether oxygens (including phenoxy) is 1. The van der Waals surface area contributed by atoms with Crippen LogP contribution in [0.3, 0.4) is 0 Å². The van der Waals surface area contributed by atoms with Crippen LogP contribution in [-0.4, -0.2) is 70.5 Å². The number of alkyl halides is 3. The quantitative estimate of drug-likeness (QED) is 0.769. The molecule has 1 aliphatic rings. The molecule has 0 spiro atoms. The van der Waals surface area contributed by atoms with Gasteiger partial charge in [0, 0.05) is 51.1 Å². The number of hydrogen-bond acceptors (Lipinski definition) is 4. The third-order valence-electron chi connectivity index (χ3n) is 4.37. The van der Waals surface area contributed by atoms with E-state index in [1.807, 2.05) is 30.9 Å². The number of amides is 1. The minimum Gasteiger partial charge on any atom is -0.381 e. The molecule has 1 radical (unpaired) electrons. The van der Waals surface area contributed by atoms with Gasteiger partial charge in [-0.2, -0.15) is 13.2 Å². The molecule has 145 valence electrons. The maximum absolute atomic E-state index is 13.2. The molecule has 0 bridgehead atoms. The van der Waals surface area contributed by atoms with Crippen LogP contribution < -0.4 is 9.80 Å². The van der Waals surface area contributed by atoms with Crippen LogP contribution in [0.2, 0.25) is 0 Å². The summed E-state index contributed by atoms with van der Waals surface area (Å²) in [5.41, 5.74) is 0.890. The van der Waals surface area contributed by atoms with E-state index in [2.05, 4.69) is 6.07 Å². The summed E-state index contributed by atoms with van der Waals surface area (Å²) < 4.78 is 44.7. The van der Waals surface area contributed by atoms with E-state index >= 15 is 0 Å². The fraction of sp³-hybridized carbons (Fsp3) is 0.611. The molecular weight excluding hydrogens is 347 g/mol. The molecule has 0 N–H and O–H groups in total. The van der Waals surface area contributed by atoms with Gasteiger partial charge in [0.25, 0.3) is 0 Å². The number of carbonyl (C=O) groups is 1. The minimum absolute atomic E-state index is 0.147. The van der Waals surface area contributed by atoms with E-state index < -0.39 is 18.1 Å². The molecule has 1 aromatic rings. The smallest absolute Gasteiger partial charge is 0.381 e. The standard InChI is InChI=1S/C18H25F3N3O2/c1-22(2)9-10-23(3)15-5-4-6-16(13-15)24(17(25)18(19,20)21)14-7-11-26-12-8-14/h4-5,13-14H,7-12H2,1-3H3. The molecule has 0 aromatic heterocycles. The topological polar surface area (TPSA) is 36.0 Å². The molecule has 1 amide bonds. The minimum atomic E-state index is -4.93. The lowest BCUT2D eigenvalue weighted by molar-refractivity contribution is -0.171. The lowest BCUT2D eigenvalue weighted by Gasteiger charge is -2.35. The van der Waals surface area contributed by atoms with Crippen LogP contribution in [-0.2, 0) is 9.53 Å². The molecule has 2 rings (SSSR count). The van der Waals surface area contributed by atoms with Crippen molar-refractivity contribution in [1.29, 1.82) is 0 Å². The van der Waals surface area contributed by atoms with Crippen molar-refractivity contribution in [3.63, 3.8) is 0 Å². The molecule has 8 heteroatoms. The number of rotatable bonds is 6. The molecule has 0 aliphatic carbocycles. The van der Waals surface area contributed by atoms with Crippen LogP contribution in [0.15, 0.2) is 18.2 Å². The lowest BCUT2D eigenvalue weighted by atomic mass is 10.1. The van der Waals surface area contributed by atoms with E-state index in [9.17, 15) is 18.0 Å². The maximum atomic E-state index is 13.2. The monoisotopic (exact) mass is 372 g/mol. The van der Waals surface area contributed by atoms with E-state index in [0.29, 0.717) is 32.6 Å². The first kappa shape index (κ1) is 20.5. The molecule has 5 nitrogen and oxygen atoms in total. The molecule has 1 heterocycles. The van der Waals surface area contributed by atoms with Crippen molar-refractivity contribution in [2.45, 2.75) is 25.1 Å². The summed E-state index contributed by atoms with van der Waals surface area (Å²) in [4.78, 5) is 16.9. The number of carbonyl (C=O) groups excluding carboxylic acids is 1. The Labute approximate surface area is 152 Å². The summed E-state index contributed by atoms with van der Waals surface area (Å²) in [6.45, 7) is 2.19. The molecule has 1 aromatic carbocycles. The Hall–Kier alpha value is -1.80. The average molecular weight is 372 g/mol. The summed E-state index contributed by atoms with van der Waals surface area (Å²) in [6, 6.07) is 7.19. The predicted molar refractivity (Wildman–Crippen MR) is 94.5 cm³/mol. The predicted octanol–water partition coefficient (Wildman–Crippen LogP) is 2.56. The summed E-state index contributed by atoms with van der Waals surface area (Å²) in [5, 5.41) is 0. The van der Waals surface area contributed by atoms with Crippen molar-refractivity contribution in [3.05, 3.63) is 24.3 Å². The first-order valence-corrected chi connectivity index (χ1v) is 8.56. The van der Waals surface area contributed by atoms with Gasteiger partial charge in [-0.05, 0) is 39.1 Å². The highest BCUT2D eigenvalue weighted by Crippen LogP contribution is 2.31. The van der Waals surface area contributed by atoms with Gasteiger partial charge in [0.2, 0.25) is 0 Å². The third kappa shape index (κ3) is 5.35. The highest BCUT2D eigenvalue weighted by molar-refractivity contribution is 5.98. The third-order valence-corrected chi connectivity index (χ3v) is 4.37. The van der Waals surface area contributed by atoms with Crippen LogP contribution in [0.5, 0.6) is 0 Å². The van der Waals surface area contributed by atoms with Gasteiger partial charge >= 0.3 is 12.1 Å². The zero-order valence-electron chi connectivity index (χ0n) is 15.3. The average Bonchev–Trinajstić information content (AvgIpc) is 2.60. The van der Waals surface area contributed by atoms with Gasteiger partial charge in [-0.15, -0.1) is 0 Å². The fourth-order valence-electron chi connectivity index (χ4n) is 2.85. The second kappa shape index (κ2) is 8.73. The van der Waals surface area contributed by atoms with Crippen molar-refractivity contribution in [3.8, 4) is 0 Å². The Balaban J connectivity index is 2.29. The van der Waals surface area contributed by atoms with Crippen molar-refractivity contribution < 1.29 is 22.7 Å². The number of nitrogens with zero attached hydrogens (tertiary/aromatic N) is 3. The van der Waals surface area contributed by atoms with Gasteiger partial charge in [0.1, 0.15) is 0 Å². The molecule has 0 unspecified atom stereocenters. The Morgan fingerprint density at radius 2 is 1.88 bits per heavy atom. The maximum Gasteiger partial charge on any atom is 0.471 e. The van der Waals surface area contributed by atoms with Crippen LogP contribution in [0.4, 0.5) is 24.5 Å². The molecule has 1 fully saturated rings. The lowest BCUT2D eigenvalue weighted by Crippen LogP contribution is -2.49.